The van der Waals surface area contributed by atoms with Crippen LogP contribution >= 0.6 is 11.8 Å². The van der Waals surface area contributed by atoms with E-state index in [2.05, 4.69) is 15.2 Å². The summed E-state index contributed by atoms with van der Waals surface area (Å²) in [6, 6.07) is 17.8. The molecule has 1 amide bonds. The average Bonchev–Trinajstić information content (AvgIpc) is 3.59. The molecule has 1 atom stereocenters. The summed E-state index contributed by atoms with van der Waals surface area (Å²) in [5, 5.41) is 17.0. The highest BCUT2D eigenvalue weighted by Crippen LogP contribution is 2.32. The van der Waals surface area contributed by atoms with E-state index in [4.69, 9.17) is 0 Å². The van der Waals surface area contributed by atoms with Gasteiger partial charge < -0.3 is 14.9 Å². The van der Waals surface area contributed by atoms with Gasteiger partial charge in [0.25, 0.3) is 0 Å². The number of amides is 1. The van der Waals surface area contributed by atoms with Crippen molar-refractivity contribution in [1.29, 1.82) is 0 Å². The van der Waals surface area contributed by atoms with E-state index in [1.165, 1.54) is 40.9 Å². The van der Waals surface area contributed by atoms with Crippen LogP contribution < -0.4 is 0 Å². The number of nitrogens with zero attached hydrogens (tertiary/aromatic N) is 4. The number of carboxylic acid groups (broad SMARTS) is 1. The van der Waals surface area contributed by atoms with Gasteiger partial charge in [-0.25, -0.2) is 9.38 Å². The smallest absolute Gasteiger partial charge is 0.416 e. The maximum absolute atomic E-state index is 13.7. The largest absolute Gasteiger partial charge is 0.480 e. The molecule has 0 saturated heterocycles. The molecule has 1 aromatic heterocycles. The fourth-order valence-electron chi connectivity index (χ4n) is 5.02. The molecule has 0 bridgehead atoms. The molecule has 1 aliphatic rings. The van der Waals surface area contributed by atoms with Crippen LogP contribution in [0.15, 0.2) is 102 Å². The number of amidine groups is 1. The molecule has 13 heteroatoms. The number of carbonyl (C=O) groups is 2. The third-order valence-corrected chi connectivity index (χ3v) is 8.82. The molecule has 1 unspecified atom stereocenters. The Kier molecular flexibility index (Phi) is 10.4. The number of benzene rings is 3. The zero-order valence-electron chi connectivity index (χ0n) is 25.2. The summed E-state index contributed by atoms with van der Waals surface area (Å²) in [6.07, 6.45) is 0.862. The van der Waals surface area contributed by atoms with Crippen molar-refractivity contribution in [2.24, 2.45) is 4.99 Å². The topological polar surface area (TPSA) is 102 Å². The number of carboxylic acids is 1. The third kappa shape index (κ3) is 8.88. The Morgan fingerprint density at radius 2 is 1.64 bits per heavy atom. The van der Waals surface area contributed by atoms with Gasteiger partial charge in [-0.2, -0.15) is 18.3 Å². The summed E-state index contributed by atoms with van der Waals surface area (Å²) in [4.78, 5) is 33.2. The van der Waals surface area contributed by atoms with Gasteiger partial charge in [0.1, 0.15) is 12.4 Å². The van der Waals surface area contributed by atoms with Crippen LogP contribution in [-0.2, 0) is 28.1 Å². The second-order valence-electron chi connectivity index (χ2n) is 11.1. The van der Waals surface area contributed by atoms with Crippen LogP contribution in [0, 0.1) is 5.82 Å². The minimum absolute atomic E-state index is 0.00951. The number of thioether (sulfide) groups is 1. The lowest BCUT2D eigenvalue weighted by Crippen LogP contribution is -2.45. The molecule has 3 aromatic carbocycles. The summed E-state index contributed by atoms with van der Waals surface area (Å²) in [6.45, 7) is 1.72. The van der Waals surface area contributed by atoms with Gasteiger partial charge in [0, 0.05) is 37.2 Å². The van der Waals surface area contributed by atoms with Crippen LogP contribution in [-0.4, -0.2) is 61.8 Å². The van der Waals surface area contributed by atoms with Gasteiger partial charge in [-0.1, -0.05) is 67.2 Å². The molecule has 8 nitrogen and oxygen atoms in total. The van der Waals surface area contributed by atoms with Crippen LogP contribution in [0.3, 0.4) is 0 Å². The van der Waals surface area contributed by atoms with E-state index in [-0.39, 0.29) is 24.8 Å². The summed E-state index contributed by atoms with van der Waals surface area (Å²) >= 11 is 1.39. The number of aromatic nitrogens is 2. The summed E-state index contributed by atoms with van der Waals surface area (Å²) in [5.74, 6) is -1.50. The van der Waals surface area contributed by atoms with E-state index in [9.17, 15) is 32.3 Å². The molecule has 4 aromatic rings. The predicted molar refractivity (Wildman–Crippen MR) is 172 cm³/mol. The number of hydrogen-bond acceptors (Lipinski definition) is 6. The molecule has 2 N–H and O–H groups in total. The summed E-state index contributed by atoms with van der Waals surface area (Å²) in [7, 11) is 0. The van der Waals surface area contributed by atoms with Crippen molar-refractivity contribution in [2.75, 3.05) is 19.6 Å². The quantitative estimate of drug-likeness (QED) is 0.168. The average molecular weight is 666 g/mol. The first-order valence-corrected chi connectivity index (χ1v) is 15.6. The van der Waals surface area contributed by atoms with Crippen molar-refractivity contribution in [3.8, 4) is 11.1 Å². The first-order chi connectivity index (χ1) is 22.5. The minimum atomic E-state index is -4.43. The maximum atomic E-state index is 13.7. The van der Waals surface area contributed by atoms with Crippen molar-refractivity contribution < 1.29 is 32.3 Å². The second-order valence-corrected chi connectivity index (χ2v) is 12.0. The lowest BCUT2D eigenvalue weighted by molar-refractivity contribution is -0.145. The number of aliphatic imine (C=N–C) groups is 1. The molecule has 0 saturated carbocycles. The van der Waals surface area contributed by atoms with E-state index < -0.39 is 30.2 Å². The van der Waals surface area contributed by atoms with Crippen molar-refractivity contribution in [2.45, 2.75) is 31.3 Å². The Morgan fingerprint density at radius 1 is 1.00 bits per heavy atom. The van der Waals surface area contributed by atoms with Crippen molar-refractivity contribution in [1.82, 2.24) is 20.0 Å². The fourth-order valence-corrected chi connectivity index (χ4v) is 5.95. The zero-order valence-corrected chi connectivity index (χ0v) is 26.1. The van der Waals surface area contributed by atoms with Gasteiger partial charge in [0.15, 0.2) is 5.17 Å². The fraction of sp³-hybridized carbons (Fsp3) is 0.235. The Labute approximate surface area is 272 Å². The monoisotopic (exact) mass is 665 g/mol. The number of hydrogen-bond donors (Lipinski definition) is 2. The van der Waals surface area contributed by atoms with Crippen LogP contribution in [0.2, 0.25) is 0 Å². The second kappa shape index (κ2) is 14.7. The maximum Gasteiger partial charge on any atom is 0.416 e. The molecular formula is C34H31F4N5O3S. The van der Waals surface area contributed by atoms with E-state index in [0.29, 0.717) is 34.2 Å². The Bertz CT molecular complexity index is 1740. The lowest BCUT2D eigenvalue weighted by Gasteiger charge is -2.32. The van der Waals surface area contributed by atoms with Crippen LogP contribution in [0.1, 0.15) is 35.1 Å². The van der Waals surface area contributed by atoms with E-state index in [1.807, 2.05) is 11.8 Å². The third-order valence-electron chi connectivity index (χ3n) is 7.72. The summed E-state index contributed by atoms with van der Waals surface area (Å²) < 4.78 is 52.3. The molecule has 0 spiro atoms. The Hall–Kier alpha value is -4.91. The van der Waals surface area contributed by atoms with Crippen LogP contribution in [0.4, 0.5) is 17.6 Å². The van der Waals surface area contributed by atoms with E-state index in [1.54, 1.807) is 55.0 Å². The molecule has 0 fully saturated rings. The number of rotatable bonds is 11. The lowest BCUT2D eigenvalue weighted by atomic mass is 9.95. The van der Waals surface area contributed by atoms with Gasteiger partial charge in [0.2, 0.25) is 5.91 Å². The van der Waals surface area contributed by atoms with Gasteiger partial charge >= 0.3 is 12.1 Å². The van der Waals surface area contributed by atoms with Crippen molar-refractivity contribution >= 4 is 28.8 Å². The van der Waals surface area contributed by atoms with Gasteiger partial charge in [0.05, 0.1) is 18.3 Å². The number of aromatic amines is 1. The Balaban J connectivity index is 1.31. The molecule has 244 valence electrons. The minimum Gasteiger partial charge on any atom is -0.480 e. The molecule has 5 rings (SSSR count). The summed E-state index contributed by atoms with van der Waals surface area (Å²) in [5.41, 5.74) is 3.95. The highest BCUT2D eigenvalue weighted by atomic mass is 32.2. The highest BCUT2D eigenvalue weighted by molar-refractivity contribution is 8.13. The Morgan fingerprint density at radius 3 is 2.23 bits per heavy atom. The van der Waals surface area contributed by atoms with Gasteiger partial charge in [-0.15, -0.1) is 0 Å². The molecule has 2 heterocycles. The molecule has 1 aliphatic heterocycles. The molecule has 47 heavy (non-hydrogen) atoms. The number of nitrogens with one attached hydrogen (secondary N) is 1. The van der Waals surface area contributed by atoms with Crippen molar-refractivity contribution in [3.63, 3.8) is 0 Å². The van der Waals surface area contributed by atoms with Crippen LogP contribution in [0.25, 0.3) is 11.1 Å². The van der Waals surface area contributed by atoms with Gasteiger partial charge in [-0.05, 0) is 57.7 Å². The first-order valence-electron chi connectivity index (χ1n) is 14.6. The molecular weight excluding hydrogens is 634 g/mol. The number of aliphatic carboxylic acids is 1. The number of H-pyrrole nitrogens is 1. The number of halogens is 4. The van der Waals surface area contributed by atoms with Crippen LogP contribution in [0.5, 0.6) is 0 Å². The number of alkyl halides is 3. The molecule has 0 aliphatic carbocycles. The zero-order chi connectivity index (χ0) is 33.6. The standard InChI is InChI=1S/C34H31F4N5O3S/c1-22(27-15-40-41-16-27)28-14-39-33(47-21-24-4-12-30(35)13-5-24)43(18-28)19-31(44)42(20-32(45)46)17-23-2-6-25(7-3-23)26-8-10-29(11-9-26)34(36,37)38/h2-16,22H,17-21H2,1H3,(H,40,41)(H,45,46). The predicted octanol–water partition coefficient (Wildman–Crippen LogP) is 6.94. The molecule has 0 radical (unpaired) electrons. The van der Waals surface area contributed by atoms with E-state index in [0.717, 1.165) is 28.8 Å². The van der Waals surface area contributed by atoms with Crippen molar-refractivity contribution in [3.05, 3.63) is 125 Å². The normalized spacial score (nSPS) is 13.9. The number of carbonyl (C=O) groups excluding carboxylic acids is 1. The van der Waals surface area contributed by atoms with Gasteiger partial charge in [-0.3, -0.25) is 14.7 Å². The SMILES string of the molecule is CC(C1=CN=C(SCc2ccc(F)cc2)N(CC(=O)N(CC(=O)O)Cc2ccc(-c3ccc(C(F)(F)F)cc3)cc2)C1)c1cn[nH]c1. The first kappa shape index (κ1) is 33.5. The van der Waals surface area contributed by atoms with E-state index >= 15 is 0 Å². The highest BCUT2D eigenvalue weighted by Gasteiger charge is 2.30.